The first kappa shape index (κ1) is 28.0. The maximum atomic E-state index is 14.4. The highest BCUT2D eigenvalue weighted by Gasteiger charge is 2.51. The summed E-state index contributed by atoms with van der Waals surface area (Å²) in [6.45, 7) is 2.27. The second-order valence-corrected chi connectivity index (χ2v) is 10.2. The number of rotatable bonds is 10. The molecule has 39 heavy (non-hydrogen) atoms. The van der Waals surface area contributed by atoms with E-state index in [-0.39, 0.29) is 5.92 Å². The van der Waals surface area contributed by atoms with Crippen LogP contribution in [0.25, 0.3) is 10.9 Å². The van der Waals surface area contributed by atoms with E-state index in [0.717, 1.165) is 43.1 Å². The fourth-order valence-electron chi connectivity index (χ4n) is 5.72. The first-order valence-electron chi connectivity index (χ1n) is 13.3. The van der Waals surface area contributed by atoms with Gasteiger partial charge in [-0.05, 0) is 60.9 Å². The van der Waals surface area contributed by atoms with Crippen LogP contribution in [0.3, 0.4) is 0 Å². The van der Waals surface area contributed by atoms with E-state index in [0.29, 0.717) is 29.2 Å². The highest BCUT2D eigenvalue weighted by atomic mass is 16.5. The average Bonchev–Trinajstić information content (AvgIpc) is 3.38. The quantitative estimate of drug-likeness (QED) is 0.370. The minimum absolute atomic E-state index is 0.227. The molecule has 1 aliphatic rings. The molecule has 2 amide bonds. The van der Waals surface area contributed by atoms with Gasteiger partial charge in [0.25, 0.3) is 5.91 Å². The third kappa shape index (κ3) is 5.30. The third-order valence-corrected chi connectivity index (χ3v) is 7.73. The Morgan fingerprint density at radius 2 is 1.69 bits per heavy atom. The molecule has 9 nitrogen and oxygen atoms in total. The SMILES string of the molecule is CNC(=O)C(CC(=O)N(CC1CCCCC1)c1c(OC)cc(C)cc1OC)(C(=O)O)n1ccc2ccccc21. The Kier molecular flexibility index (Phi) is 8.47. The molecule has 1 aromatic heterocycles. The molecule has 1 heterocycles. The minimum atomic E-state index is -2.22. The van der Waals surface area contributed by atoms with E-state index < -0.39 is 29.7 Å². The van der Waals surface area contributed by atoms with Gasteiger partial charge >= 0.3 is 5.97 Å². The van der Waals surface area contributed by atoms with Gasteiger partial charge in [-0.25, -0.2) is 4.79 Å². The van der Waals surface area contributed by atoms with E-state index >= 15 is 0 Å². The highest BCUT2D eigenvalue weighted by Crippen LogP contribution is 2.42. The van der Waals surface area contributed by atoms with Gasteiger partial charge in [-0.1, -0.05) is 37.5 Å². The van der Waals surface area contributed by atoms with Crippen LogP contribution in [0.15, 0.2) is 48.7 Å². The Bertz CT molecular complexity index is 1330. The van der Waals surface area contributed by atoms with Crippen LogP contribution in [0, 0.1) is 12.8 Å². The number of para-hydroxylation sites is 1. The number of carbonyl (C=O) groups excluding carboxylic acids is 2. The number of methoxy groups -OCH3 is 2. The number of nitrogens with one attached hydrogen (secondary N) is 1. The molecule has 0 saturated heterocycles. The number of aromatic nitrogens is 1. The van der Waals surface area contributed by atoms with Crippen molar-refractivity contribution in [1.29, 1.82) is 0 Å². The number of amides is 2. The van der Waals surface area contributed by atoms with Crippen molar-refractivity contribution in [3.05, 3.63) is 54.2 Å². The zero-order chi connectivity index (χ0) is 28.2. The number of fused-ring (bicyclic) bond motifs is 1. The van der Waals surface area contributed by atoms with Crippen molar-refractivity contribution in [3.63, 3.8) is 0 Å². The summed E-state index contributed by atoms with van der Waals surface area (Å²) in [5.41, 5.74) is -0.345. The van der Waals surface area contributed by atoms with E-state index in [1.807, 2.05) is 31.2 Å². The number of hydrogen-bond acceptors (Lipinski definition) is 5. The lowest BCUT2D eigenvalue weighted by molar-refractivity contribution is -0.156. The zero-order valence-corrected chi connectivity index (χ0v) is 23.0. The molecule has 2 N–H and O–H groups in total. The lowest BCUT2D eigenvalue weighted by Crippen LogP contribution is -2.56. The Morgan fingerprint density at radius 1 is 1.05 bits per heavy atom. The molecule has 0 radical (unpaired) electrons. The maximum absolute atomic E-state index is 14.4. The molecule has 2 aromatic carbocycles. The van der Waals surface area contributed by atoms with Crippen LogP contribution in [0.1, 0.15) is 44.1 Å². The van der Waals surface area contributed by atoms with Gasteiger partial charge in [-0.2, -0.15) is 0 Å². The molecule has 1 unspecified atom stereocenters. The number of nitrogens with zero attached hydrogens (tertiary/aromatic N) is 2. The van der Waals surface area contributed by atoms with Gasteiger partial charge in [0.15, 0.2) is 0 Å². The second kappa shape index (κ2) is 11.8. The van der Waals surface area contributed by atoms with Crippen molar-refractivity contribution in [3.8, 4) is 11.5 Å². The normalized spacial score (nSPS) is 15.4. The summed E-state index contributed by atoms with van der Waals surface area (Å²) in [4.78, 5) is 42.4. The van der Waals surface area contributed by atoms with Crippen molar-refractivity contribution in [2.75, 3.05) is 32.7 Å². The average molecular weight is 536 g/mol. The molecule has 1 atom stereocenters. The number of carboxylic acids is 1. The van der Waals surface area contributed by atoms with Gasteiger partial charge in [-0.15, -0.1) is 0 Å². The molecule has 0 aliphatic heterocycles. The summed E-state index contributed by atoms with van der Waals surface area (Å²) in [5.74, 6) is -1.59. The van der Waals surface area contributed by atoms with E-state index in [9.17, 15) is 19.5 Å². The van der Waals surface area contributed by atoms with Crippen LogP contribution < -0.4 is 19.7 Å². The number of carboxylic acid groups (broad SMARTS) is 1. The summed E-state index contributed by atoms with van der Waals surface area (Å²) < 4.78 is 12.8. The lowest BCUT2D eigenvalue weighted by atomic mass is 9.88. The smallest absolute Gasteiger partial charge is 0.340 e. The van der Waals surface area contributed by atoms with Crippen molar-refractivity contribution in [1.82, 2.24) is 9.88 Å². The first-order valence-corrected chi connectivity index (χ1v) is 13.3. The summed E-state index contributed by atoms with van der Waals surface area (Å²) in [6, 6.07) is 12.6. The number of carbonyl (C=O) groups is 3. The van der Waals surface area contributed by atoms with E-state index in [1.165, 1.54) is 25.8 Å². The largest absolute Gasteiger partial charge is 0.494 e. The van der Waals surface area contributed by atoms with Crippen molar-refractivity contribution >= 4 is 34.4 Å². The fraction of sp³-hybridized carbons (Fsp3) is 0.433. The van der Waals surface area contributed by atoms with E-state index in [4.69, 9.17) is 9.47 Å². The van der Waals surface area contributed by atoms with Gasteiger partial charge < -0.3 is 29.4 Å². The van der Waals surface area contributed by atoms with Crippen LogP contribution >= 0.6 is 0 Å². The number of anilines is 1. The molecular weight excluding hydrogens is 498 g/mol. The van der Waals surface area contributed by atoms with Gasteiger partial charge in [0.1, 0.15) is 17.2 Å². The van der Waals surface area contributed by atoms with Gasteiger partial charge in [0, 0.05) is 25.3 Å². The summed E-state index contributed by atoms with van der Waals surface area (Å²) >= 11 is 0. The number of aliphatic carboxylic acids is 1. The molecule has 3 aromatic rings. The number of ether oxygens (including phenoxy) is 2. The van der Waals surface area contributed by atoms with E-state index in [1.54, 1.807) is 29.3 Å². The summed E-state index contributed by atoms with van der Waals surface area (Å²) in [7, 11) is 4.43. The molecule has 208 valence electrons. The van der Waals surface area contributed by atoms with E-state index in [2.05, 4.69) is 5.32 Å². The van der Waals surface area contributed by atoms with Crippen LogP contribution in [-0.4, -0.2) is 55.3 Å². The van der Waals surface area contributed by atoms with Crippen LogP contribution in [0.4, 0.5) is 5.69 Å². The van der Waals surface area contributed by atoms with Crippen LogP contribution in [0.5, 0.6) is 11.5 Å². The predicted octanol–water partition coefficient (Wildman–Crippen LogP) is 4.50. The Hall–Kier alpha value is -4.01. The topological polar surface area (TPSA) is 110 Å². The summed E-state index contributed by atoms with van der Waals surface area (Å²) in [5, 5.41) is 13.9. The summed E-state index contributed by atoms with van der Waals surface area (Å²) in [6.07, 6.45) is 6.17. The number of benzene rings is 2. The van der Waals surface area contributed by atoms with Crippen LogP contribution in [0.2, 0.25) is 0 Å². The number of likely N-dealkylation sites (N-methyl/N-ethyl adjacent to an activating group) is 1. The number of aryl methyl sites for hydroxylation is 1. The monoisotopic (exact) mass is 535 g/mol. The van der Waals surface area contributed by atoms with Gasteiger partial charge in [0.05, 0.1) is 20.6 Å². The van der Waals surface area contributed by atoms with Crippen molar-refractivity contribution < 1.29 is 29.0 Å². The van der Waals surface area contributed by atoms with Crippen molar-refractivity contribution in [2.24, 2.45) is 5.92 Å². The molecule has 9 heteroatoms. The molecule has 0 spiro atoms. The third-order valence-electron chi connectivity index (χ3n) is 7.73. The predicted molar refractivity (Wildman–Crippen MR) is 149 cm³/mol. The van der Waals surface area contributed by atoms with Gasteiger partial charge in [0.2, 0.25) is 11.4 Å². The second-order valence-electron chi connectivity index (χ2n) is 10.2. The van der Waals surface area contributed by atoms with Crippen molar-refractivity contribution in [2.45, 2.75) is 51.0 Å². The van der Waals surface area contributed by atoms with Gasteiger partial charge in [-0.3, -0.25) is 9.59 Å². The Morgan fingerprint density at radius 3 is 2.28 bits per heavy atom. The Labute approximate surface area is 228 Å². The lowest BCUT2D eigenvalue weighted by Gasteiger charge is -2.35. The fourth-order valence-corrected chi connectivity index (χ4v) is 5.72. The molecule has 1 saturated carbocycles. The molecule has 1 aliphatic carbocycles. The molecule has 0 bridgehead atoms. The molecule has 4 rings (SSSR count). The standard InChI is InChI=1S/C30H37N3O6/c1-20-16-24(38-3)27(25(17-20)39-4)32(19-21-10-6-5-7-11-21)26(34)18-30(29(36)37,28(35)31-2)33-15-14-22-12-8-9-13-23(22)33/h8-9,12-17,21H,5-7,10-11,18-19H2,1-4H3,(H,31,35)(H,36,37). The molecular formula is C30H37N3O6. The highest BCUT2D eigenvalue weighted by molar-refractivity contribution is 6.11. The maximum Gasteiger partial charge on any atom is 0.340 e. The molecule has 1 fully saturated rings. The Balaban J connectivity index is 1.87. The first-order chi connectivity index (χ1) is 18.8. The zero-order valence-electron chi connectivity index (χ0n) is 23.0. The van der Waals surface area contributed by atoms with Crippen LogP contribution in [-0.2, 0) is 19.9 Å². The number of hydrogen-bond donors (Lipinski definition) is 2. The minimum Gasteiger partial charge on any atom is -0.494 e.